The number of alkyl halides is 2. The number of ether oxygens (including phenoxy) is 4. The molecule has 0 aromatic heterocycles. The van der Waals surface area contributed by atoms with Crippen molar-refractivity contribution in [3.63, 3.8) is 0 Å². The van der Waals surface area contributed by atoms with Gasteiger partial charge in [0.2, 0.25) is 0 Å². The molecule has 2 aromatic rings. The van der Waals surface area contributed by atoms with E-state index in [1.54, 1.807) is 64.1 Å². The summed E-state index contributed by atoms with van der Waals surface area (Å²) < 4.78 is 51.2. The summed E-state index contributed by atoms with van der Waals surface area (Å²) in [6, 6.07) is 14.7. The van der Waals surface area contributed by atoms with Crippen LogP contribution in [0.2, 0.25) is 0 Å². The van der Waals surface area contributed by atoms with Crippen LogP contribution in [-0.4, -0.2) is 76.5 Å². The average Bonchev–Trinajstić information content (AvgIpc) is 3.33. The van der Waals surface area contributed by atoms with Crippen molar-refractivity contribution >= 4 is 35.0 Å². The van der Waals surface area contributed by atoms with Crippen LogP contribution in [0.4, 0.5) is 13.6 Å². The lowest BCUT2D eigenvalue weighted by Crippen LogP contribution is -2.59. The van der Waals surface area contributed by atoms with Gasteiger partial charge in [0.25, 0.3) is 6.43 Å². The van der Waals surface area contributed by atoms with Crippen molar-refractivity contribution < 1.29 is 42.1 Å². The molecule has 12 heteroatoms. The zero-order valence-corrected chi connectivity index (χ0v) is 23.2. The molecule has 214 valence electrons. The third-order valence-electron chi connectivity index (χ3n) is 5.95. The minimum Gasteiger partial charge on any atom is -0.452 e. The molecule has 2 aliphatic rings. The number of esters is 2. The number of carbonyl (C=O) groups is 3. The van der Waals surface area contributed by atoms with Gasteiger partial charge in [-0.1, -0.05) is 48.2 Å². The lowest BCUT2D eigenvalue weighted by Gasteiger charge is -2.41. The van der Waals surface area contributed by atoms with Crippen molar-refractivity contribution in [1.29, 1.82) is 0 Å². The number of halogens is 2. The third-order valence-corrected chi connectivity index (χ3v) is 7.11. The first kappa shape index (κ1) is 29.5. The van der Waals surface area contributed by atoms with Gasteiger partial charge in [-0.15, -0.1) is 0 Å². The molecule has 0 radical (unpaired) electrons. The van der Waals surface area contributed by atoms with E-state index < -0.39 is 59.8 Å². The van der Waals surface area contributed by atoms with E-state index in [2.05, 4.69) is 4.99 Å². The van der Waals surface area contributed by atoms with E-state index in [0.717, 1.165) is 11.8 Å². The quantitative estimate of drug-likeness (QED) is 0.343. The predicted octanol–water partition coefficient (Wildman–Crippen LogP) is 5.16. The minimum absolute atomic E-state index is 0.123. The van der Waals surface area contributed by atoms with Crippen LogP contribution in [0.5, 0.6) is 0 Å². The first-order valence-corrected chi connectivity index (χ1v) is 13.6. The number of fused-ring (bicyclic) bond motifs is 1. The van der Waals surface area contributed by atoms with Crippen molar-refractivity contribution in [3.8, 4) is 0 Å². The van der Waals surface area contributed by atoms with Crippen molar-refractivity contribution in [2.45, 2.75) is 69.5 Å². The van der Waals surface area contributed by atoms with E-state index in [4.69, 9.17) is 18.9 Å². The molecule has 0 unspecified atom stereocenters. The molecule has 0 saturated carbocycles. The van der Waals surface area contributed by atoms with Crippen LogP contribution < -0.4 is 0 Å². The van der Waals surface area contributed by atoms with Gasteiger partial charge < -0.3 is 18.9 Å². The van der Waals surface area contributed by atoms with E-state index in [1.807, 2.05) is 0 Å². The fourth-order valence-electron chi connectivity index (χ4n) is 4.14. The highest BCUT2D eigenvalue weighted by atomic mass is 32.2. The summed E-state index contributed by atoms with van der Waals surface area (Å²) in [6.07, 6.45) is -8.84. The van der Waals surface area contributed by atoms with Gasteiger partial charge in [-0.2, -0.15) is 0 Å². The number of amides is 1. The smallest absolute Gasteiger partial charge is 0.416 e. The van der Waals surface area contributed by atoms with Crippen LogP contribution in [0.15, 0.2) is 65.7 Å². The van der Waals surface area contributed by atoms with Gasteiger partial charge in [-0.05, 0) is 52.0 Å². The predicted molar refractivity (Wildman–Crippen MR) is 143 cm³/mol. The van der Waals surface area contributed by atoms with Crippen molar-refractivity contribution in [3.05, 3.63) is 71.8 Å². The Kier molecular flexibility index (Phi) is 9.09. The Balaban J connectivity index is 1.70. The van der Waals surface area contributed by atoms with Crippen LogP contribution in [0, 0.1) is 0 Å². The van der Waals surface area contributed by atoms with Gasteiger partial charge in [-0.25, -0.2) is 23.2 Å². The lowest BCUT2D eigenvalue weighted by molar-refractivity contribution is -0.194. The molecule has 0 bridgehead atoms. The molecule has 1 fully saturated rings. The fraction of sp³-hybridized carbons (Fsp3) is 0.429. The molecule has 0 N–H and O–H groups in total. The minimum atomic E-state index is -3.09. The lowest BCUT2D eigenvalue weighted by atomic mass is 9.97. The van der Waals surface area contributed by atoms with Crippen LogP contribution >= 0.6 is 11.8 Å². The SMILES string of the molecule is CCN(C(=O)OC(C)(C)C)C1=N[C@@H]2[C@@H](OC(=O)c3ccccc3)[C@H](OC(=O)c3ccccc3)[C@@H](C(F)F)O[C@@H]2S1. The molecule has 5 atom stereocenters. The highest BCUT2D eigenvalue weighted by Gasteiger charge is 2.56. The zero-order valence-electron chi connectivity index (χ0n) is 22.4. The van der Waals surface area contributed by atoms with Crippen LogP contribution in [0.1, 0.15) is 48.4 Å². The van der Waals surface area contributed by atoms with Gasteiger partial charge >= 0.3 is 18.0 Å². The summed E-state index contributed by atoms with van der Waals surface area (Å²) in [6.45, 7) is 7.00. The summed E-state index contributed by atoms with van der Waals surface area (Å²) in [7, 11) is 0. The summed E-state index contributed by atoms with van der Waals surface area (Å²) in [4.78, 5) is 44.7. The topological polar surface area (TPSA) is 104 Å². The van der Waals surface area contributed by atoms with Crippen LogP contribution in [0.3, 0.4) is 0 Å². The molecule has 2 heterocycles. The molecule has 40 heavy (non-hydrogen) atoms. The Morgan fingerprint density at radius 2 is 1.48 bits per heavy atom. The Bertz CT molecular complexity index is 1240. The number of aliphatic imine (C=N–C) groups is 1. The number of nitrogens with zero attached hydrogens (tertiary/aromatic N) is 2. The van der Waals surface area contributed by atoms with Gasteiger partial charge in [0, 0.05) is 6.54 Å². The number of benzene rings is 2. The van der Waals surface area contributed by atoms with Crippen LogP contribution in [0.25, 0.3) is 0 Å². The number of carbonyl (C=O) groups excluding carboxylic acids is 3. The second kappa shape index (κ2) is 12.3. The first-order valence-electron chi connectivity index (χ1n) is 12.7. The maximum absolute atomic E-state index is 14.4. The number of rotatable bonds is 6. The second-order valence-electron chi connectivity index (χ2n) is 10.0. The molecule has 1 saturated heterocycles. The highest BCUT2D eigenvalue weighted by molar-refractivity contribution is 8.14. The van der Waals surface area contributed by atoms with Gasteiger partial charge in [-0.3, -0.25) is 9.89 Å². The molecule has 9 nitrogen and oxygen atoms in total. The highest BCUT2D eigenvalue weighted by Crippen LogP contribution is 2.41. The molecule has 0 spiro atoms. The first-order chi connectivity index (χ1) is 19.0. The fourth-order valence-corrected chi connectivity index (χ4v) is 5.40. The Morgan fingerprint density at radius 3 is 1.95 bits per heavy atom. The van der Waals surface area contributed by atoms with Gasteiger partial charge in [0.05, 0.1) is 11.1 Å². The summed E-state index contributed by atoms with van der Waals surface area (Å²) in [5, 5.41) is 0.149. The van der Waals surface area contributed by atoms with E-state index in [1.165, 1.54) is 29.2 Å². The molecule has 0 aliphatic carbocycles. The Hall–Kier alpha value is -3.51. The summed E-state index contributed by atoms with van der Waals surface area (Å²) >= 11 is 0.934. The third kappa shape index (κ3) is 6.79. The van der Waals surface area contributed by atoms with Crippen molar-refractivity contribution in [2.75, 3.05) is 6.54 Å². The largest absolute Gasteiger partial charge is 0.452 e. The molecule has 4 rings (SSSR count). The van der Waals surface area contributed by atoms with E-state index >= 15 is 0 Å². The van der Waals surface area contributed by atoms with E-state index in [-0.39, 0.29) is 22.8 Å². The van der Waals surface area contributed by atoms with Crippen molar-refractivity contribution in [1.82, 2.24) is 4.90 Å². The van der Waals surface area contributed by atoms with Gasteiger partial charge in [0.15, 0.2) is 23.5 Å². The monoisotopic (exact) mass is 576 g/mol. The molecule has 2 aromatic carbocycles. The standard InChI is InChI=1S/C28H30F2N2O7S/c1-5-32(27(35)39-28(2,3)4)26-31-18-19(36-23(33)16-12-8-6-9-13-16)20(21(22(29)30)38-25(18)40-26)37-24(34)17-14-10-7-11-15-17/h6-15,18-22,25H,5H2,1-4H3/t18-,19-,20+,21+,25-/m1/s1. The maximum atomic E-state index is 14.4. The van der Waals surface area contributed by atoms with E-state index in [0.29, 0.717) is 0 Å². The van der Waals surface area contributed by atoms with E-state index in [9.17, 15) is 23.2 Å². The normalized spacial score (nSPS) is 24.1. The Labute approximate surface area is 234 Å². The maximum Gasteiger partial charge on any atom is 0.416 e. The molecular weight excluding hydrogens is 546 g/mol. The molecule has 1 amide bonds. The molecule has 2 aliphatic heterocycles. The number of thioether (sulfide) groups is 1. The van der Waals surface area contributed by atoms with Crippen molar-refractivity contribution in [2.24, 2.45) is 4.99 Å². The number of amidine groups is 1. The van der Waals surface area contributed by atoms with Crippen LogP contribution in [-0.2, 0) is 18.9 Å². The summed E-state index contributed by atoms with van der Waals surface area (Å²) in [5.74, 6) is -1.70. The average molecular weight is 577 g/mol. The molecular formula is C28H30F2N2O7S. The van der Waals surface area contributed by atoms with Gasteiger partial charge in [0.1, 0.15) is 17.1 Å². The summed E-state index contributed by atoms with van der Waals surface area (Å²) in [5.41, 5.74) is -1.54. The number of hydrogen-bond donors (Lipinski definition) is 0. The zero-order chi connectivity index (χ0) is 29.0. The Morgan fingerprint density at radius 1 is 0.950 bits per heavy atom. The number of hydrogen-bond acceptors (Lipinski definition) is 9. The second-order valence-corrected chi connectivity index (χ2v) is 11.1.